The zero-order valence-corrected chi connectivity index (χ0v) is 19.3. The Morgan fingerprint density at radius 3 is 1.88 bits per heavy atom. The molecule has 1 aromatic rings. The van der Waals surface area contributed by atoms with Crippen molar-refractivity contribution in [2.45, 2.75) is 58.5 Å². The lowest BCUT2D eigenvalue weighted by atomic mass is 10.1. The molecule has 12 heteroatoms. The van der Waals surface area contributed by atoms with Crippen LogP contribution >= 0.6 is 0 Å². The van der Waals surface area contributed by atoms with Crippen LogP contribution in [0.4, 0.5) is 14.4 Å². The Kier molecular flexibility index (Phi) is 10.9. The van der Waals surface area contributed by atoms with Gasteiger partial charge in [0.1, 0.15) is 18.2 Å². The van der Waals surface area contributed by atoms with Gasteiger partial charge in [-0.15, -0.1) is 0 Å². The topological polar surface area (TPSA) is 159 Å². The van der Waals surface area contributed by atoms with Gasteiger partial charge in [0.2, 0.25) is 0 Å². The number of benzene rings is 1. The molecule has 0 saturated heterocycles. The van der Waals surface area contributed by atoms with Gasteiger partial charge in [-0.2, -0.15) is 0 Å². The van der Waals surface area contributed by atoms with Crippen LogP contribution in [0.3, 0.4) is 0 Å². The van der Waals surface area contributed by atoms with E-state index in [9.17, 15) is 19.2 Å². The molecule has 0 aliphatic rings. The molecule has 0 spiro atoms. The monoisotopic (exact) mass is 471 g/mol. The van der Waals surface area contributed by atoms with E-state index >= 15 is 0 Å². The Labute approximate surface area is 191 Å². The van der Waals surface area contributed by atoms with Gasteiger partial charge in [0, 0.05) is 0 Å². The van der Waals surface area contributed by atoms with Crippen molar-refractivity contribution in [1.82, 2.24) is 0 Å². The van der Waals surface area contributed by atoms with Crippen molar-refractivity contribution < 1.29 is 52.3 Å². The van der Waals surface area contributed by atoms with Crippen molar-refractivity contribution in [1.29, 1.82) is 0 Å². The summed E-state index contributed by atoms with van der Waals surface area (Å²) < 4.78 is 33.9. The quantitative estimate of drug-likeness (QED) is 0.319. The van der Waals surface area contributed by atoms with Gasteiger partial charge >= 0.3 is 24.4 Å². The van der Waals surface area contributed by atoms with Gasteiger partial charge in [-0.1, -0.05) is 6.07 Å². The third-order valence-electron chi connectivity index (χ3n) is 4.06. The minimum Gasteiger partial charge on any atom is -0.458 e. The molecule has 0 aromatic heterocycles. The number of nitrogens with two attached hydrogens (primary N) is 1. The molecule has 0 aliphatic carbocycles. The molecule has 3 atom stereocenters. The van der Waals surface area contributed by atoms with Crippen molar-refractivity contribution >= 4 is 24.4 Å². The Morgan fingerprint density at radius 2 is 1.33 bits per heavy atom. The highest BCUT2D eigenvalue weighted by atomic mass is 16.7. The van der Waals surface area contributed by atoms with Gasteiger partial charge in [0.05, 0.1) is 20.3 Å². The largest absolute Gasteiger partial charge is 0.513 e. The zero-order chi connectivity index (χ0) is 25.1. The molecular weight excluding hydrogens is 442 g/mol. The predicted octanol–water partition coefficient (Wildman–Crippen LogP) is 2.73. The summed E-state index contributed by atoms with van der Waals surface area (Å²) in [4.78, 5) is 46.8. The first-order chi connectivity index (χ1) is 15.5. The van der Waals surface area contributed by atoms with Crippen molar-refractivity contribution in [3.63, 3.8) is 0 Å². The van der Waals surface area contributed by atoms with Crippen LogP contribution in [0.15, 0.2) is 18.2 Å². The molecule has 2 N–H and O–H groups in total. The van der Waals surface area contributed by atoms with E-state index < -0.39 is 42.7 Å². The van der Waals surface area contributed by atoms with Crippen LogP contribution in [0, 0.1) is 0 Å². The summed E-state index contributed by atoms with van der Waals surface area (Å²) in [6.45, 7) is 6.43. The number of hydrogen-bond acceptors (Lipinski definition) is 12. The van der Waals surface area contributed by atoms with Gasteiger partial charge in [-0.3, -0.25) is 4.79 Å². The van der Waals surface area contributed by atoms with Gasteiger partial charge < -0.3 is 38.9 Å². The fourth-order valence-electron chi connectivity index (χ4n) is 2.28. The van der Waals surface area contributed by atoms with Crippen molar-refractivity contribution in [3.05, 3.63) is 23.8 Å². The molecule has 184 valence electrons. The van der Waals surface area contributed by atoms with Crippen LogP contribution in [0.25, 0.3) is 0 Å². The van der Waals surface area contributed by atoms with Crippen LogP contribution in [0.5, 0.6) is 11.5 Å². The normalized spacial score (nSPS) is 13.2. The van der Waals surface area contributed by atoms with E-state index in [2.05, 4.69) is 9.47 Å². The second-order valence-electron chi connectivity index (χ2n) is 7.09. The van der Waals surface area contributed by atoms with E-state index in [1.807, 2.05) is 0 Å². The number of carbonyl (C=O) groups excluding carboxylic acids is 4. The summed E-state index contributed by atoms with van der Waals surface area (Å²) in [6.07, 6.45) is -4.89. The minimum absolute atomic E-state index is 0.00772. The summed E-state index contributed by atoms with van der Waals surface area (Å²) in [5.41, 5.74) is 6.40. The summed E-state index contributed by atoms with van der Waals surface area (Å²) in [6, 6.07) is 3.09. The van der Waals surface area contributed by atoms with Crippen molar-refractivity contribution in [3.8, 4) is 11.5 Å². The molecule has 0 saturated carbocycles. The fourth-order valence-corrected chi connectivity index (χ4v) is 2.28. The average Bonchev–Trinajstić information content (AvgIpc) is 2.74. The maximum Gasteiger partial charge on any atom is 0.513 e. The molecule has 0 aliphatic heterocycles. The van der Waals surface area contributed by atoms with Crippen LogP contribution in [0.1, 0.15) is 33.3 Å². The zero-order valence-electron chi connectivity index (χ0n) is 19.3. The Bertz CT molecular complexity index is 839. The first-order valence-electron chi connectivity index (χ1n) is 9.94. The maximum absolute atomic E-state index is 12.4. The SMILES string of the molecule is COC(=O)Oc1ccc(C[C@H](N)C(=O)O[C@@H](C)[C@H](C)OC(=O)OC(C)C)cc1OC(=O)OC. The number of carbonyl (C=O) groups is 4. The average molecular weight is 471 g/mol. The lowest BCUT2D eigenvalue weighted by Crippen LogP contribution is -2.39. The molecule has 0 bridgehead atoms. The molecule has 0 amide bonds. The number of methoxy groups -OCH3 is 2. The van der Waals surface area contributed by atoms with Gasteiger partial charge in [0.15, 0.2) is 11.5 Å². The third-order valence-corrected chi connectivity index (χ3v) is 4.06. The Hall–Kier alpha value is -3.54. The summed E-state index contributed by atoms with van der Waals surface area (Å²) in [5.74, 6) is -1.01. The molecule has 0 fully saturated rings. The van der Waals surface area contributed by atoms with E-state index in [-0.39, 0.29) is 24.0 Å². The molecule has 12 nitrogen and oxygen atoms in total. The lowest BCUT2D eigenvalue weighted by Gasteiger charge is -2.22. The number of hydrogen-bond donors (Lipinski definition) is 1. The Balaban J connectivity index is 2.81. The molecule has 0 heterocycles. The lowest BCUT2D eigenvalue weighted by molar-refractivity contribution is -0.155. The second-order valence-corrected chi connectivity index (χ2v) is 7.09. The smallest absolute Gasteiger partial charge is 0.458 e. The highest BCUT2D eigenvalue weighted by Crippen LogP contribution is 2.30. The molecular formula is C21H29NO11. The van der Waals surface area contributed by atoms with Crippen LogP contribution < -0.4 is 15.2 Å². The number of esters is 1. The molecule has 33 heavy (non-hydrogen) atoms. The summed E-state index contributed by atoms with van der Waals surface area (Å²) in [5, 5.41) is 0. The predicted molar refractivity (Wildman–Crippen MR) is 112 cm³/mol. The van der Waals surface area contributed by atoms with E-state index in [0.717, 1.165) is 14.2 Å². The van der Waals surface area contributed by atoms with E-state index in [1.165, 1.54) is 18.2 Å². The van der Waals surface area contributed by atoms with Gasteiger partial charge in [-0.25, -0.2) is 14.4 Å². The third kappa shape index (κ3) is 9.64. The van der Waals surface area contributed by atoms with Crippen LogP contribution in [-0.2, 0) is 34.9 Å². The van der Waals surface area contributed by atoms with Gasteiger partial charge in [-0.05, 0) is 51.8 Å². The first kappa shape index (κ1) is 27.5. The van der Waals surface area contributed by atoms with Crippen LogP contribution in [0.2, 0.25) is 0 Å². The summed E-state index contributed by atoms with van der Waals surface area (Å²) >= 11 is 0. The highest BCUT2D eigenvalue weighted by Gasteiger charge is 2.25. The fraction of sp³-hybridized carbons (Fsp3) is 0.524. The maximum atomic E-state index is 12.4. The van der Waals surface area contributed by atoms with E-state index in [0.29, 0.717) is 5.56 Å². The highest BCUT2D eigenvalue weighted by molar-refractivity contribution is 5.76. The molecule has 1 rings (SSSR count). The van der Waals surface area contributed by atoms with Crippen molar-refractivity contribution in [2.24, 2.45) is 5.73 Å². The van der Waals surface area contributed by atoms with Crippen molar-refractivity contribution in [2.75, 3.05) is 14.2 Å². The van der Waals surface area contributed by atoms with E-state index in [1.54, 1.807) is 27.7 Å². The Morgan fingerprint density at radius 1 is 0.788 bits per heavy atom. The molecule has 1 aromatic carbocycles. The second kappa shape index (κ2) is 13.1. The summed E-state index contributed by atoms with van der Waals surface area (Å²) in [7, 11) is 2.22. The number of ether oxygens (including phenoxy) is 7. The molecule has 0 unspecified atom stereocenters. The first-order valence-corrected chi connectivity index (χ1v) is 9.94. The standard InChI is InChI=1S/C21H29NO11/c1-11(2)29-21(26)31-13(4)12(3)30-18(23)15(22)9-14-7-8-16(32-19(24)27-5)17(10-14)33-20(25)28-6/h7-8,10-13,15H,9,22H2,1-6H3/t12-,13-,15-/m0/s1. The van der Waals surface area contributed by atoms with Gasteiger partial charge in [0.25, 0.3) is 0 Å². The minimum atomic E-state index is -1.10. The van der Waals surface area contributed by atoms with E-state index in [4.69, 9.17) is 29.4 Å². The molecule has 0 radical (unpaired) electrons. The number of rotatable bonds is 9. The van der Waals surface area contributed by atoms with Crippen LogP contribution in [-0.4, -0.2) is 63.0 Å².